The van der Waals surface area contributed by atoms with Gasteiger partial charge in [0, 0.05) is 11.6 Å². The molecule has 5 nitrogen and oxygen atoms in total. The lowest BCUT2D eigenvalue weighted by Gasteiger charge is -2.10. The highest BCUT2D eigenvalue weighted by Crippen LogP contribution is 2.42. The second-order valence-corrected chi connectivity index (χ2v) is 5.97. The maximum absolute atomic E-state index is 11.8. The van der Waals surface area contributed by atoms with E-state index < -0.39 is 0 Å². The molecule has 1 aromatic heterocycles. The highest BCUT2D eigenvalue weighted by Gasteiger charge is 2.30. The predicted molar refractivity (Wildman–Crippen MR) is 90.9 cm³/mol. The van der Waals surface area contributed by atoms with E-state index in [0.717, 1.165) is 41.1 Å². The van der Waals surface area contributed by atoms with Crippen molar-refractivity contribution in [3.63, 3.8) is 0 Å². The van der Waals surface area contributed by atoms with Crippen molar-refractivity contribution in [3.05, 3.63) is 53.9 Å². The number of fused-ring (bicyclic) bond motifs is 1. The molecule has 0 N–H and O–H groups in total. The zero-order valence-electron chi connectivity index (χ0n) is 13.7. The quantitative estimate of drug-likeness (QED) is 0.687. The van der Waals surface area contributed by atoms with Crippen LogP contribution in [0, 0.1) is 0 Å². The van der Waals surface area contributed by atoms with Crippen molar-refractivity contribution in [2.24, 2.45) is 0 Å². The Morgan fingerprint density at radius 3 is 2.50 bits per heavy atom. The lowest BCUT2D eigenvalue weighted by molar-refractivity contribution is 0.0601. The number of methoxy groups -OCH3 is 2. The summed E-state index contributed by atoms with van der Waals surface area (Å²) in [7, 11) is 3.05. The van der Waals surface area contributed by atoms with Crippen LogP contribution in [0.3, 0.4) is 0 Å². The number of aromatic nitrogens is 2. The van der Waals surface area contributed by atoms with E-state index in [4.69, 9.17) is 14.5 Å². The first kappa shape index (κ1) is 14.8. The van der Waals surface area contributed by atoms with Crippen LogP contribution in [0.1, 0.15) is 34.9 Å². The van der Waals surface area contributed by atoms with Gasteiger partial charge >= 0.3 is 5.97 Å². The Morgan fingerprint density at radius 1 is 1.12 bits per heavy atom. The summed E-state index contributed by atoms with van der Waals surface area (Å²) in [5.41, 5.74) is 3.38. The molecule has 1 fully saturated rings. The van der Waals surface area contributed by atoms with Crippen LogP contribution in [0.4, 0.5) is 0 Å². The van der Waals surface area contributed by atoms with Gasteiger partial charge in [-0.2, -0.15) is 0 Å². The van der Waals surface area contributed by atoms with Gasteiger partial charge in [-0.25, -0.2) is 9.78 Å². The number of carbonyl (C=O) groups is 1. The zero-order valence-corrected chi connectivity index (χ0v) is 13.7. The van der Waals surface area contributed by atoms with E-state index in [-0.39, 0.29) is 5.97 Å². The number of hydrogen-bond donors (Lipinski definition) is 0. The van der Waals surface area contributed by atoms with Gasteiger partial charge in [0.1, 0.15) is 11.6 Å². The van der Waals surface area contributed by atoms with E-state index in [0.29, 0.717) is 11.5 Å². The van der Waals surface area contributed by atoms with E-state index in [1.165, 1.54) is 7.11 Å². The summed E-state index contributed by atoms with van der Waals surface area (Å²) in [5, 5.41) is 0. The molecule has 0 amide bonds. The van der Waals surface area contributed by atoms with Crippen LogP contribution in [-0.4, -0.2) is 29.7 Å². The van der Waals surface area contributed by atoms with Crippen molar-refractivity contribution < 1.29 is 14.3 Å². The Balaban J connectivity index is 1.88. The van der Waals surface area contributed by atoms with Gasteiger partial charge in [0.15, 0.2) is 0 Å². The number of hydrogen-bond acceptors (Lipinski definition) is 4. The van der Waals surface area contributed by atoms with Gasteiger partial charge in [0.25, 0.3) is 0 Å². The van der Waals surface area contributed by atoms with Crippen molar-refractivity contribution >= 4 is 17.0 Å². The van der Waals surface area contributed by atoms with Crippen LogP contribution < -0.4 is 4.74 Å². The van der Waals surface area contributed by atoms with Crippen LogP contribution >= 0.6 is 0 Å². The first-order valence-electron chi connectivity index (χ1n) is 7.96. The lowest BCUT2D eigenvalue weighted by Crippen LogP contribution is -2.01. The minimum atomic E-state index is -0.344. The Hall–Kier alpha value is -2.82. The number of nitrogens with zero attached hydrogens (tertiary/aromatic N) is 2. The summed E-state index contributed by atoms with van der Waals surface area (Å²) in [4.78, 5) is 16.6. The molecule has 0 atom stereocenters. The molecule has 122 valence electrons. The number of imidazole rings is 1. The van der Waals surface area contributed by atoms with Crippen LogP contribution in [0.5, 0.6) is 5.75 Å². The average molecular weight is 322 g/mol. The highest BCUT2D eigenvalue weighted by atomic mass is 16.5. The van der Waals surface area contributed by atoms with Crippen molar-refractivity contribution in [2.75, 3.05) is 14.2 Å². The molecule has 0 aliphatic heterocycles. The van der Waals surface area contributed by atoms with Crippen molar-refractivity contribution in [1.82, 2.24) is 9.55 Å². The largest absolute Gasteiger partial charge is 0.497 e. The molecule has 0 saturated heterocycles. The van der Waals surface area contributed by atoms with Crippen molar-refractivity contribution in [2.45, 2.75) is 18.8 Å². The summed E-state index contributed by atoms with van der Waals surface area (Å²) in [6.45, 7) is 0. The third-order valence-electron chi connectivity index (χ3n) is 4.37. The molecule has 0 bridgehead atoms. The fourth-order valence-corrected chi connectivity index (χ4v) is 2.96. The molecule has 1 aliphatic rings. The van der Waals surface area contributed by atoms with E-state index in [1.807, 2.05) is 30.3 Å². The van der Waals surface area contributed by atoms with Gasteiger partial charge in [-0.1, -0.05) is 0 Å². The second kappa shape index (κ2) is 5.67. The lowest BCUT2D eigenvalue weighted by atomic mass is 10.2. The SMILES string of the molecule is COC(=O)c1ccc2c(c1)nc(C1CC1)n2-c1ccc(OC)cc1. The van der Waals surface area contributed by atoms with E-state index >= 15 is 0 Å². The standard InChI is InChI=1S/C19H18N2O3/c1-23-15-8-6-14(7-9-15)21-17-10-5-13(19(22)24-2)11-16(17)20-18(21)12-3-4-12/h5-12H,3-4H2,1-2H3. The zero-order chi connectivity index (χ0) is 16.7. The van der Waals surface area contributed by atoms with Gasteiger partial charge in [-0.15, -0.1) is 0 Å². The first-order valence-corrected chi connectivity index (χ1v) is 7.96. The van der Waals surface area contributed by atoms with Crippen molar-refractivity contribution in [3.8, 4) is 11.4 Å². The third kappa shape index (κ3) is 2.42. The maximum Gasteiger partial charge on any atom is 0.337 e. The molecule has 1 aliphatic carbocycles. The van der Waals surface area contributed by atoms with Gasteiger partial charge in [-0.05, 0) is 55.3 Å². The van der Waals surface area contributed by atoms with Gasteiger partial charge in [0.05, 0.1) is 30.8 Å². The van der Waals surface area contributed by atoms with Gasteiger partial charge in [-0.3, -0.25) is 4.57 Å². The summed E-state index contributed by atoms with van der Waals surface area (Å²) in [5.74, 6) is 2.02. The summed E-state index contributed by atoms with van der Waals surface area (Å²) < 4.78 is 12.2. The molecular weight excluding hydrogens is 304 g/mol. The third-order valence-corrected chi connectivity index (χ3v) is 4.37. The fourth-order valence-electron chi connectivity index (χ4n) is 2.96. The molecule has 5 heteroatoms. The van der Waals surface area contributed by atoms with Crippen LogP contribution in [0.15, 0.2) is 42.5 Å². The highest BCUT2D eigenvalue weighted by molar-refractivity contribution is 5.94. The number of carbonyl (C=O) groups excluding carboxylic acids is 1. The normalized spacial score (nSPS) is 13.9. The Bertz CT molecular complexity index is 908. The number of rotatable bonds is 4. The van der Waals surface area contributed by atoms with E-state index in [9.17, 15) is 4.79 Å². The minimum absolute atomic E-state index is 0.344. The molecule has 0 spiro atoms. The Labute approximate surface area is 139 Å². The molecule has 3 aromatic rings. The molecule has 4 rings (SSSR count). The van der Waals surface area contributed by atoms with Gasteiger partial charge in [0.2, 0.25) is 0 Å². The molecule has 0 unspecified atom stereocenters. The molecule has 0 radical (unpaired) electrons. The molecule has 1 saturated carbocycles. The minimum Gasteiger partial charge on any atom is -0.497 e. The van der Waals surface area contributed by atoms with E-state index in [1.54, 1.807) is 19.2 Å². The number of benzene rings is 2. The number of esters is 1. The maximum atomic E-state index is 11.8. The summed E-state index contributed by atoms with van der Waals surface area (Å²) >= 11 is 0. The topological polar surface area (TPSA) is 53.3 Å². The van der Waals surface area contributed by atoms with Crippen molar-refractivity contribution in [1.29, 1.82) is 0 Å². The first-order chi connectivity index (χ1) is 11.7. The number of ether oxygens (including phenoxy) is 2. The Morgan fingerprint density at radius 2 is 1.88 bits per heavy atom. The Kier molecular flexibility index (Phi) is 3.49. The monoisotopic (exact) mass is 322 g/mol. The van der Waals surface area contributed by atoms with Crippen LogP contribution in [0.2, 0.25) is 0 Å². The summed E-state index contributed by atoms with van der Waals surface area (Å²) in [6, 6.07) is 13.5. The van der Waals surface area contributed by atoms with Gasteiger partial charge < -0.3 is 9.47 Å². The molecule has 2 aromatic carbocycles. The second-order valence-electron chi connectivity index (χ2n) is 5.97. The molecule has 1 heterocycles. The van der Waals surface area contributed by atoms with E-state index in [2.05, 4.69) is 4.57 Å². The summed E-state index contributed by atoms with van der Waals surface area (Å²) in [6.07, 6.45) is 2.31. The molecular formula is C19H18N2O3. The van der Waals surface area contributed by atoms with Crippen LogP contribution in [-0.2, 0) is 4.74 Å². The van der Waals surface area contributed by atoms with Crippen LogP contribution in [0.25, 0.3) is 16.7 Å². The fraction of sp³-hybridized carbons (Fsp3) is 0.263. The predicted octanol–water partition coefficient (Wildman–Crippen LogP) is 3.70. The molecule has 24 heavy (non-hydrogen) atoms. The smallest absolute Gasteiger partial charge is 0.337 e. The average Bonchev–Trinajstić information content (AvgIpc) is 3.41.